The van der Waals surface area contributed by atoms with Gasteiger partial charge in [0.2, 0.25) is 0 Å². The summed E-state index contributed by atoms with van der Waals surface area (Å²) in [5.74, 6) is -0.945. The fourth-order valence-electron chi connectivity index (χ4n) is 3.34. The summed E-state index contributed by atoms with van der Waals surface area (Å²) in [6.07, 6.45) is 3.60. The molecule has 3 aromatic rings. The van der Waals surface area contributed by atoms with Crippen molar-refractivity contribution in [2.24, 2.45) is 0 Å². The Hall–Kier alpha value is -3.45. The highest BCUT2D eigenvalue weighted by molar-refractivity contribution is 5.97. The molecule has 1 atom stereocenters. The smallest absolute Gasteiger partial charge is 0.342 e. The van der Waals surface area contributed by atoms with Gasteiger partial charge in [-0.3, -0.25) is 4.79 Å². The van der Waals surface area contributed by atoms with Crippen LogP contribution in [0.1, 0.15) is 23.2 Å². The van der Waals surface area contributed by atoms with Crippen molar-refractivity contribution in [2.45, 2.75) is 18.9 Å². The third-order valence-electron chi connectivity index (χ3n) is 4.89. The molecule has 0 aliphatic carbocycles. The van der Waals surface area contributed by atoms with Crippen LogP contribution in [-0.2, 0) is 14.3 Å². The molecule has 154 valence electrons. The standard InChI is InChI=1S/C23H23N3O4/c27-21(24-14-19-12-7-13-29-19)16-30-23(28)20-15-26(18-10-5-2-6-11-18)25-22(20)17-8-3-1-4-9-17/h1-6,8-11,15,19H,7,12-14,16H2,(H,24,27)/t19-/m1/s1. The summed E-state index contributed by atoms with van der Waals surface area (Å²) < 4.78 is 12.4. The molecule has 1 fully saturated rings. The Kier molecular flexibility index (Phi) is 6.20. The van der Waals surface area contributed by atoms with Crippen LogP contribution in [0.25, 0.3) is 16.9 Å². The molecule has 0 unspecified atom stereocenters. The van der Waals surface area contributed by atoms with Gasteiger partial charge in [-0.1, -0.05) is 48.5 Å². The first-order valence-electron chi connectivity index (χ1n) is 9.96. The SMILES string of the molecule is O=C(COC(=O)c1cn(-c2ccccc2)nc1-c1ccccc1)NC[C@H]1CCCO1. The number of esters is 1. The summed E-state index contributed by atoms with van der Waals surface area (Å²) in [7, 11) is 0. The fourth-order valence-corrected chi connectivity index (χ4v) is 3.34. The molecule has 1 aliphatic heterocycles. The van der Waals surface area contributed by atoms with Gasteiger partial charge in [0.1, 0.15) is 11.3 Å². The van der Waals surface area contributed by atoms with Gasteiger partial charge < -0.3 is 14.8 Å². The molecule has 2 aromatic carbocycles. The third kappa shape index (κ3) is 4.75. The van der Waals surface area contributed by atoms with Gasteiger partial charge in [-0.05, 0) is 25.0 Å². The van der Waals surface area contributed by atoms with Crippen LogP contribution in [0.5, 0.6) is 0 Å². The van der Waals surface area contributed by atoms with Crippen LogP contribution in [0.2, 0.25) is 0 Å². The van der Waals surface area contributed by atoms with Crippen LogP contribution in [0.3, 0.4) is 0 Å². The summed E-state index contributed by atoms with van der Waals surface area (Å²) in [6.45, 7) is 0.803. The Bertz CT molecular complexity index is 996. The van der Waals surface area contributed by atoms with E-state index in [1.54, 1.807) is 10.9 Å². The summed E-state index contributed by atoms with van der Waals surface area (Å²) in [5.41, 5.74) is 2.42. The molecule has 1 amide bonds. The quantitative estimate of drug-likeness (QED) is 0.611. The van der Waals surface area contributed by atoms with E-state index >= 15 is 0 Å². The monoisotopic (exact) mass is 405 g/mol. The fraction of sp³-hybridized carbons (Fsp3) is 0.261. The summed E-state index contributed by atoms with van der Waals surface area (Å²) in [4.78, 5) is 24.8. The van der Waals surface area contributed by atoms with Crippen molar-refractivity contribution in [1.29, 1.82) is 0 Å². The topological polar surface area (TPSA) is 82.5 Å². The molecule has 1 aliphatic rings. The molecular formula is C23H23N3O4. The lowest BCUT2D eigenvalue weighted by atomic mass is 10.1. The van der Waals surface area contributed by atoms with Gasteiger partial charge in [0, 0.05) is 24.9 Å². The second-order valence-corrected chi connectivity index (χ2v) is 7.05. The molecule has 1 saturated heterocycles. The van der Waals surface area contributed by atoms with Gasteiger partial charge in [0.15, 0.2) is 6.61 Å². The highest BCUT2D eigenvalue weighted by atomic mass is 16.5. The van der Waals surface area contributed by atoms with Gasteiger partial charge in [-0.15, -0.1) is 0 Å². The van der Waals surface area contributed by atoms with Gasteiger partial charge in [-0.25, -0.2) is 9.48 Å². The van der Waals surface area contributed by atoms with E-state index in [0.717, 1.165) is 30.7 Å². The first-order chi connectivity index (χ1) is 14.7. The Labute approximate surface area is 174 Å². The molecular weight excluding hydrogens is 382 g/mol. The predicted octanol–water partition coefficient (Wildman–Crippen LogP) is 2.99. The van der Waals surface area contributed by atoms with E-state index in [9.17, 15) is 9.59 Å². The molecule has 0 spiro atoms. The molecule has 1 aromatic heterocycles. The van der Waals surface area contributed by atoms with E-state index in [-0.39, 0.29) is 18.6 Å². The predicted molar refractivity (Wildman–Crippen MR) is 111 cm³/mol. The molecule has 0 radical (unpaired) electrons. The Balaban J connectivity index is 1.48. The number of aromatic nitrogens is 2. The van der Waals surface area contributed by atoms with Crippen molar-refractivity contribution in [3.8, 4) is 16.9 Å². The largest absolute Gasteiger partial charge is 0.452 e. The lowest BCUT2D eigenvalue weighted by Crippen LogP contribution is -2.34. The Morgan fingerprint density at radius 3 is 2.53 bits per heavy atom. The summed E-state index contributed by atoms with van der Waals surface area (Å²) >= 11 is 0. The maximum Gasteiger partial charge on any atom is 0.342 e. The van der Waals surface area contributed by atoms with E-state index in [1.165, 1.54) is 0 Å². The molecule has 2 heterocycles. The number of carbonyl (C=O) groups is 2. The van der Waals surface area contributed by atoms with Crippen molar-refractivity contribution in [3.05, 3.63) is 72.4 Å². The molecule has 4 rings (SSSR count). The number of hydrogen-bond acceptors (Lipinski definition) is 5. The van der Waals surface area contributed by atoms with Crippen LogP contribution in [-0.4, -0.2) is 47.5 Å². The number of carbonyl (C=O) groups excluding carboxylic acids is 2. The van der Waals surface area contributed by atoms with E-state index < -0.39 is 5.97 Å². The minimum absolute atomic E-state index is 0.0402. The zero-order valence-corrected chi connectivity index (χ0v) is 16.5. The normalized spacial score (nSPS) is 15.7. The second-order valence-electron chi connectivity index (χ2n) is 7.05. The number of rotatable bonds is 7. The Morgan fingerprint density at radius 2 is 1.83 bits per heavy atom. The maximum atomic E-state index is 12.8. The molecule has 0 bridgehead atoms. The number of ether oxygens (including phenoxy) is 2. The number of benzene rings is 2. The van der Waals surface area contributed by atoms with Crippen LogP contribution < -0.4 is 5.32 Å². The molecule has 30 heavy (non-hydrogen) atoms. The number of nitrogens with zero attached hydrogens (tertiary/aromatic N) is 2. The lowest BCUT2D eigenvalue weighted by Gasteiger charge is -2.11. The zero-order chi connectivity index (χ0) is 20.8. The maximum absolute atomic E-state index is 12.8. The highest BCUT2D eigenvalue weighted by Gasteiger charge is 2.21. The lowest BCUT2D eigenvalue weighted by molar-refractivity contribution is -0.124. The minimum atomic E-state index is -0.594. The zero-order valence-electron chi connectivity index (χ0n) is 16.5. The van der Waals surface area contributed by atoms with E-state index in [4.69, 9.17) is 9.47 Å². The van der Waals surface area contributed by atoms with Crippen LogP contribution >= 0.6 is 0 Å². The minimum Gasteiger partial charge on any atom is -0.452 e. The summed E-state index contributed by atoms with van der Waals surface area (Å²) in [6, 6.07) is 18.9. The molecule has 0 saturated carbocycles. The van der Waals surface area contributed by atoms with E-state index in [0.29, 0.717) is 17.8 Å². The second kappa shape index (κ2) is 9.37. The first-order valence-corrected chi connectivity index (χ1v) is 9.96. The average molecular weight is 405 g/mol. The molecule has 1 N–H and O–H groups in total. The highest BCUT2D eigenvalue weighted by Crippen LogP contribution is 2.24. The third-order valence-corrected chi connectivity index (χ3v) is 4.89. The number of para-hydroxylation sites is 1. The molecule has 7 heteroatoms. The van der Waals surface area contributed by atoms with Gasteiger partial charge >= 0.3 is 5.97 Å². The van der Waals surface area contributed by atoms with Crippen molar-refractivity contribution in [1.82, 2.24) is 15.1 Å². The average Bonchev–Trinajstić information content (AvgIpc) is 3.47. The van der Waals surface area contributed by atoms with Crippen molar-refractivity contribution in [3.63, 3.8) is 0 Å². The van der Waals surface area contributed by atoms with Crippen molar-refractivity contribution < 1.29 is 19.1 Å². The van der Waals surface area contributed by atoms with Crippen LogP contribution in [0.15, 0.2) is 66.9 Å². The molecule has 7 nitrogen and oxygen atoms in total. The Morgan fingerprint density at radius 1 is 1.10 bits per heavy atom. The number of nitrogens with one attached hydrogen (secondary N) is 1. The number of hydrogen-bond donors (Lipinski definition) is 1. The van der Waals surface area contributed by atoms with E-state index in [2.05, 4.69) is 10.4 Å². The van der Waals surface area contributed by atoms with Gasteiger partial charge in [-0.2, -0.15) is 5.10 Å². The first kappa shape index (κ1) is 19.8. The van der Waals surface area contributed by atoms with Crippen LogP contribution in [0, 0.1) is 0 Å². The van der Waals surface area contributed by atoms with Gasteiger partial charge in [0.05, 0.1) is 11.8 Å². The summed E-state index contributed by atoms with van der Waals surface area (Å²) in [5, 5.41) is 7.33. The van der Waals surface area contributed by atoms with Gasteiger partial charge in [0.25, 0.3) is 5.91 Å². The van der Waals surface area contributed by atoms with Crippen molar-refractivity contribution in [2.75, 3.05) is 19.8 Å². The van der Waals surface area contributed by atoms with E-state index in [1.807, 2.05) is 60.7 Å². The number of amides is 1. The van der Waals surface area contributed by atoms with Crippen LogP contribution in [0.4, 0.5) is 0 Å². The van der Waals surface area contributed by atoms with Crippen molar-refractivity contribution >= 4 is 11.9 Å².